The smallest absolute Gasteiger partial charge is 0.121 e. The van der Waals surface area contributed by atoms with E-state index in [0.29, 0.717) is 12.1 Å². The Labute approximate surface area is 110 Å². The average Bonchev–Trinajstić information content (AvgIpc) is 2.39. The fourth-order valence-corrected chi connectivity index (χ4v) is 2.54. The van der Waals surface area contributed by atoms with Crippen molar-refractivity contribution in [3.63, 3.8) is 0 Å². The van der Waals surface area contributed by atoms with Crippen molar-refractivity contribution in [1.82, 2.24) is 5.32 Å². The highest BCUT2D eigenvalue weighted by atomic mass is 16.5. The molecular weight excluding hydrogens is 224 g/mol. The van der Waals surface area contributed by atoms with E-state index in [9.17, 15) is 0 Å². The molecule has 3 nitrogen and oxygen atoms in total. The first kappa shape index (κ1) is 13.2. The van der Waals surface area contributed by atoms with Gasteiger partial charge in [0.25, 0.3) is 0 Å². The van der Waals surface area contributed by atoms with Crippen LogP contribution in [0.1, 0.15) is 25.7 Å². The van der Waals surface area contributed by atoms with E-state index in [-0.39, 0.29) is 0 Å². The number of nitrogens with one attached hydrogen (secondary N) is 1. The molecule has 100 valence electrons. The maximum atomic E-state index is 6.11. The second-order valence-electron chi connectivity index (χ2n) is 5.28. The summed E-state index contributed by atoms with van der Waals surface area (Å²) in [4.78, 5) is 2.10. The number of hydrogen-bond donors (Lipinski definition) is 1. The number of ether oxygens (including phenoxy) is 1. The highest BCUT2D eigenvalue weighted by molar-refractivity contribution is 5.49. The molecule has 0 bridgehead atoms. The molecule has 0 spiro atoms. The van der Waals surface area contributed by atoms with Gasteiger partial charge in [-0.2, -0.15) is 0 Å². The lowest BCUT2D eigenvalue weighted by atomic mass is 9.93. The maximum Gasteiger partial charge on any atom is 0.121 e. The van der Waals surface area contributed by atoms with Gasteiger partial charge in [-0.15, -0.1) is 0 Å². The molecule has 1 aliphatic carbocycles. The van der Waals surface area contributed by atoms with E-state index in [0.717, 1.165) is 12.2 Å². The topological polar surface area (TPSA) is 24.5 Å². The Morgan fingerprint density at radius 2 is 2.11 bits per heavy atom. The monoisotopic (exact) mass is 248 g/mol. The van der Waals surface area contributed by atoms with Crippen molar-refractivity contribution >= 4 is 5.69 Å². The number of benzene rings is 1. The molecule has 3 heteroatoms. The molecule has 1 aromatic carbocycles. The number of nitrogens with zero attached hydrogens (tertiary/aromatic N) is 1. The minimum Gasteiger partial charge on any atom is -0.490 e. The van der Waals surface area contributed by atoms with E-state index in [2.05, 4.69) is 48.6 Å². The summed E-state index contributed by atoms with van der Waals surface area (Å²) in [5, 5.41) is 3.36. The van der Waals surface area contributed by atoms with Crippen LogP contribution in [0.3, 0.4) is 0 Å². The molecule has 0 radical (unpaired) electrons. The molecule has 2 atom stereocenters. The molecule has 0 aliphatic heterocycles. The zero-order valence-corrected chi connectivity index (χ0v) is 11.6. The molecule has 2 unspecified atom stereocenters. The molecule has 1 fully saturated rings. The van der Waals surface area contributed by atoms with Crippen LogP contribution in [0.2, 0.25) is 0 Å². The molecule has 0 amide bonds. The Morgan fingerprint density at radius 3 is 2.83 bits per heavy atom. The van der Waals surface area contributed by atoms with Gasteiger partial charge in [-0.05, 0) is 44.9 Å². The van der Waals surface area contributed by atoms with Gasteiger partial charge in [-0.1, -0.05) is 6.07 Å². The summed E-state index contributed by atoms with van der Waals surface area (Å²) in [7, 11) is 6.15. The Balaban J connectivity index is 1.98. The van der Waals surface area contributed by atoms with Crippen LogP contribution in [0.25, 0.3) is 0 Å². The molecule has 0 saturated heterocycles. The summed E-state index contributed by atoms with van der Waals surface area (Å²) in [6.45, 7) is 0. The maximum absolute atomic E-state index is 6.11. The second-order valence-corrected chi connectivity index (χ2v) is 5.28. The zero-order chi connectivity index (χ0) is 13.0. The first-order valence-corrected chi connectivity index (χ1v) is 6.80. The minimum absolute atomic E-state index is 0.355. The Hall–Kier alpha value is -1.22. The van der Waals surface area contributed by atoms with Gasteiger partial charge < -0.3 is 15.0 Å². The van der Waals surface area contributed by atoms with Crippen molar-refractivity contribution in [2.75, 3.05) is 26.0 Å². The second kappa shape index (κ2) is 6.10. The van der Waals surface area contributed by atoms with Gasteiger partial charge in [0.05, 0.1) is 0 Å². The lowest BCUT2D eigenvalue weighted by molar-refractivity contribution is 0.137. The first-order chi connectivity index (χ1) is 8.69. The van der Waals surface area contributed by atoms with Crippen LogP contribution in [0.5, 0.6) is 5.75 Å². The highest BCUT2D eigenvalue weighted by Gasteiger charge is 2.22. The van der Waals surface area contributed by atoms with Crippen molar-refractivity contribution in [3.05, 3.63) is 24.3 Å². The fraction of sp³-hybridized carbons (Fsp3) is 0.600. The summed E-state index contributed by atoms with van der Waals surface area (Å²) < 4.78 is 6.11. The number of rotatable bonds is 4. The van der Waals surface area contributed by atoms with Crippen molar-refractivity contribution in [1.29, 1.82) is 0 Å². The van der Waals surface area contributed by atoms with Gasteiger partial charge in [0.15, 0.2) is 0 Å². The predicted molar refractivity (Wildman–Crippen MR) is 76.5 cm³/mol. The van der Waals surface area contributed by atoms with E-state index in [1.807, 2.05) is 7.05 Å². The van der Waals surface area contributed by atoms with Crippen molar-refractivity contribution < 1.29 is 4.74 Å². The van der Waals surface area contributed by atoms with Crippen molar-refractivity contribution in [2.45, 2.75) is 37.8 Å². The molecule has 1 saturated carbocycles. The van der Waals surface area contributed by atoms with Crippen LogP contribution in [-0.2, 0) is 0 Å². The third kappa shape index (κ3) is 3.39. The number of hydrogen-bond acceptors (Lipinski definition) is 3. The largest absolute Gasteiger partial charge is 0.490 e. The van der Waals surface area contributed by atoms with Gasteiger partial charge in [0, 0.05) is 31.9 Å². The summed E-state index contributed by atoms with van der Waals surface area (Å²) >= 11 is 0. The van der Waals surface area contributed by atoms with Gasteiger partial charge in [0.1, 0.15) is 11.9 Å². The van der Waals surface area contributed by atoms with Crippen LogP contribution in [0.4, 0.5) is 5.69 Å². The molecule has 18 heavy (non-hydrogen) atoms. The van der Waals surface area contributed by atoms with Crippen molar-refractivity contribution in [3.8, 4) is 5.75 Å². The van der Waals surface area contributed by atoms with Crippen LogP contribution in [-0.4, -0.2) is 33.3 Å². The van der Waals surface area contributed by atoms with E-state index in [1.165, 1.54) is 24.9 Å². The van der Waals surface area contributed by atoms with E-state index in [1.54, 1.807) is 0 Å². The summed E-state index contributed by atoms with van der Waals surface area (Å²) in [6, 6.07) is 8.94. The van der Waals surface area contributed by atoms with Gasteiger partial charge in [0.2, 0.25) is 0 Å². The van der Waals surface area contributed by atoms with Crippen LogP contribution in [0.15, 0.2) is 24.3 Å². The van der Waals surface area contributed by atoms with Gasteiger partial charge >= 0.3 is 0 Å². The third-order valence-electron chi connectivity index (χ3n) is 3.67. The predicted octanol–water partition coefficient (Wildman–Crippen LogP) is 2.66. The van der Waals surface area contributed by atoms with Crippen LogP contribution < -0.4 is 15.0 Å². The quantitative estimate of drug-likeness (QED) is 0.886. The zero-order valence-electron chi connectivity index (χ0n) is 11.6. The summed E-state index contributed by atoms with van der Waals surface area (Å²) in [6.07, 6.45) is 5.17. The van der Waals surface area contributed by atoms with E-state index in [4.69, 9.17) is 4.74 Å². The van der Waals surface area contributed by atoms with E-state index < -0.39 is 0 Å². The Bertz CT molecular complexity index is 379. The molecular formula is C15H24N2O. The molecule has 0 heterocycles. The fourth-order valence-electron chi connectivity index (χ4n) is 2.54. The van der Waals surface area contributed by atoms with Gasteiger partial charge in [-0.25, -0.2) is 0 Å². The van der Waals surface area contributed by atoms with Crippen molar-refractivity contribution in [2.24, 2.45) is 0 Å². The highest BCUT2D eigenvalue weighted by Crippen LogP contribution is 2.26. The average molecular weight is 248 g/mol. The first-order valence-electron chi connectivity index (χ1n) is 6.80. The SMILES string of the molecule is CNC1CCCC(Oc2cccc(N(C)C)c2)C1. The standard InChI is InChI=1S/C15H24N2O/c1-16-12-6-4-8-14(10-12)18-15-9-5-7-13(11-15)17(2)3/h5,7,9,11-12,14,16H,4,6,8,10H2,1-3H3. The normalized spacial score (nSPS) is 23.7. The summed E-state index contributed by atoms with van der Waals surface area (Å²) in [5.41, 5.74) is 1.19. The molecule has 1 aliphatic rings. The Kier molecular flexibility index (Phi) is 4.48. The third-order valence-corrected chi connectivity index (χ3v) is 3.67. The summed E-state index contributed by atoms with van der Waals surface area (Å²) in [5.74, 6) is 0.989. The molecule has 2 rings (SSSR count). The molecule has 0 aromatic heterocycles. The minimum atomic E-state index is 0.355. The van der Waals surface area contributed by atoms with Crippen LogP contribution >= 0.6 is 0 Å². The Morgan fingerprint density at radius 1 is 1.28 bits per heavy atom. The van der Waals surface area contributed by atoms with E-state index >= 15 is 0 Å². The molecule has 1 aromatic rings. The van der Waals surface area contributed by atoms with Gasteiger partial charge in [-0.3, -0.25) is 0 Å². The van der Waals surface area contributed by atoms with Crippen LogP contribution in [0, 0.1) is 0 Å². The molecule has 1 N–H and O–H groups in total. The lowest BCUT2D eigenvalue weighted by Gasteiger charge is -2.29. The number of anilines is 1. The lowest BCUT2D eigenvalue weighted by Crippen LogP contribution is -2.36.